The average Bonchev–Trinajstić information content (AvgIpc) is 2.34. The van der Waals surface area contributed by atoms with Gasteiger partial charge in [-0.2, -0.15) is 8.42 Å². The van der Waals surface area contributed by atoms with Crippen LogP contribution in [0.15, 0.2) is 0 Å². The van der Waals surface area contributed by atoms with Gasteiger partial charge in [0, 0.05) is 6.92 Å². The summed E-state index contributed by atoms with van der Waals surface area (Å²) >= 11 is 0. The van der Waals surface area contributed by atoms with Crippen molar-refractivity contribution in [3.05, 3.63) is 0 Å². The Hall–Kier alpha value is -0.310. The lowest BCUT2D eigenvalue weighted by Gasteiger charge is -2.55. The van der Waals surface area contributed by atoms with E-state index in [4.69, 9.17) is 4.18 Å². The number of hydrogen-bond acceptors (Lipinski definition) is 5. The molecule has 4 aliphatic carbocycles. The van der Waals surface area contributed by atoms with Crippen LogP contribution in [0.3, 0.4) is 0 Å². The molecule has 0 saturated heterocycles. The van der Waals surface area contributed by atoms with Crippen molar-refractivity contribution in [2.24, 2.45) is 17.8 Å². The second-order valence-electron chi connectivity index (χ2n) is 6.65. The Balaban J connectivity index is 1.84. The minimum Gasteiger partial charge on any atom is -0.259 e. The minimum absolute atomic E-state index is 0.445. The average molecular weight is 312 g/mol. The lowest BCUT2D eigenvalue weighted by atomic mass is 9.54. The summed E-state index contributed by atoms with van der Waals surface area (Å²) in [5, 5.41) is -3.06. The summed E-state index contributed by atoms with van der Waals surface area (Å²) in [7, 11) is -4.68. The van der Waals surface area contributed by atoms with Gasteiger partial charge >= 0.3 is 15.2 Å². The van der Waals surface area contributed by atoms with Crippen molar-refractivity contribution in [2.45, 2.75) is 56.2 Å². The summed E-state index contributed by atoms with van der Waals surface area (Å²) < 4.78 is 54.1. The second kappa shape index (κ2) is 4.59. The minimum atomic E-state index is -4.68. The van der Waals surface area contributed by atoms with Gasteiger partial charge in [0.25, 0.3) is 0 Å². The SMILES string of the molecule is CC(OF)(OF)S(=O)(=O)OC12CC3CC(CC(C3)C1)C2. The summed E-state index contributed by atoms with van der Waals surface area (Å²) in [6.45, 7) is 0.642. The van der Waals surface area contributed by atoms with Crippen LogP contribution in [0.5, 0.6) is 0 Å². The Morgan fingerprint density at radius 2 is 1.40 bits per heavy atom. The van der Waals surface area contributed by atoms with Gasteiger partial charge in [-0.15, -0.1) is 9.88 Å². The standard InChI is InChI=1S/C12H18F2O5S/c1-11(17-13,18-14)20(15,16)19-12-5-8-2-9(6-12)4-10(3-8)7-12/h8-10H,2-7H2,1H3. The zero-order valence-electron chi connectivity index (χ0n) is 11.2. The van der Waals surface area contributed by atoms with Gasteiger partial charge in [0.05, 0.1) is 5.60 Å². The molecule has 4 rings (SSSR count). The molecule has 0 radical (unpaired) electrons. The molecule has 5 nitrogen and oxygen atoms in total. The quantitative estimate of drug-likeness (QED) is 0.577. The molecule has 4 saturated carbocycles. The number of halogens is 2. The highest BCUT2D eigenvalue weighted by atomic mass is 32.2. The van der Waals surface area contributed by atoms with Gasteiger partial charge in [0.2, 0.25) is 0 Å². The molecule has 20 heavy (non-hydrogen) atoms. The normalized spacial score (nSPS) is 40.2. The van der Waals surface area contributed by atoms with E-state index in [0.29, 0.717) is 43.9 Å². The molecule has 4 bridgehead atoms. The first-order valence-corrected chi connectivity index (χ1v) is 8.27. The highest BCUT2D eigenvalue weighted by Crippen LogP contribution is 2.57. The molecule has 0 aliphatic heterocycles. The van der Waals surface area contributed by atoms with Gasteiger partial charge in [-0.1, -0.05) is 0 Å². The molecule has 0 amide bonds. The summed E-state index contributed by atoms with van der Waals surface area (Å²) in [4.78, 5) is 6.31. The van der Waals surface area contributed by atoms with Crippen molar-refractivity contribution in [1.29, 1.82) is 0 Å². The highest BCUT2D eigenvalue weighted by molar-refractivity contribution is 7.87. The van der Waals surface area contributed by atoms with E-state index in [1.54, 1.807) is 0 Å². The Morgan fingerprint density at radius 1 is 1.00 bits per heavy atom. The van der Waals surface area contributed by atoms with Crippen LogP contribution in [-0.4, -0.2) is 19.1 Å². The first kappa shape index (κ1) is 14.6. The fourth-order valence-electron chi connectivity index (χ4n) is 4.53. The molecule has 116 valence electrons. The first-order valence-electron chi connectivity index (χ1n) is 6.86. The lowest BCUT2D eigenvalue weighted by molar-refractivity contribution is -0.368. The molecule has 4 fully saturated rings. The van der Waals surface area contributed by atoms with Crippen molar-refractivity contribution in [2.75, 3.05) is 0 Å². The topological polar surface area (TPSA) is 61.8 Å². The van der Waals surface area contributed by atoms with E-state index in [0.717, 1.165) is 19.3 Å². The first-order chi connectivity index (χ1) is 9.31. The van der Waals surface area contributed by atoms with Crippen molar-refractivity contribution in [1.82, 2.24) is 0 Å². The predicted octanol–water partition coefficient (Wildman–Crippen LogP) is 2.78. The molecular formula is C12H18F2O5S. The molecule has 0 N–H and O–H groups in total. The molecule has 0 unspecified atom stereocenters. The Labute approximate surface area is 116 Å². The molecule has 0 heterocycles. The molecule has 0 aromatic carbocycles. The van der Waals surface area contributed by atoms with E-state index < -0.39 is 20.8 Å². The summed E-state index contributed by atoms with van der Waals surface area (Å²) in [5.74, 6) is 1.33. The lowest BCUT2D eigenvalue weighted by Crippen LogP contribution is -2.55. The molecule has 4 aliphatic rings. The van der Waals surface area contributed by atoms with E-state index in [1.165, 1.54) is 0 Å². The third-order valence-corrected chi connectivity index (χ3v) is 6.61. The van der Waals surface area contributed by atoms with E-state index in [-0.39, 0.29) is 0 Å². The zero-order chi connectivity index (χ0) is 14.6. The third-order valence-electron chi connectivity index (χ3n) is 5.00. The van der Waals surface area contributed by atoms with Crippen molar-refractivity contribution < 1.29 is 31.5 Å². The van der Waals surface area contributed by atoms with Crippen molar-refractivity contribution in [3.8, 4) is 0 Å². The maximum atomic E-state index is 12.4. The predicted molar refractivity (Wildman–Crippen MR) is 63.7 cm³/mol. The van der Waals surface area contributed by atoms with Crippen molar-refractivity contribution >= 4 is 10.1 Å². The van der Waals surface area contributed by atoms with Crippen LogP contribution in [0.4, 0.5) is 9.05 Å². The largest absolute Gasteiger partial charge is 0.363 e. The van der Waals surface area contributed by atoms with Crippen LogP contribution in [0.2, 0.25) is 0 Å². The van der Waals surface area contributed by atoms with E-state index in [2.05, 4.69) is 9.88 Å². The molecule has 0 aromatic rings. The monoisotopic (exact) mass is 312 g/mol. The smallest absolute Gasteiger partial charge is 0.259 e. The number of hydrogen-bond donors (Lipinski definition) is 0. The van der Waals surface area contributed by atoms with Crippen LogP contribution < -0.4 is 0 Å². The van der Waals surface area contributed by atoms with Crippen molar-refractivity contribution in [3.63, 3.8) is 0 Å². The fraction of sp³-hybridized carbons (Fsp3) is 1.00. The molecule has 8 heteroatoms. The zero-order valence-corrected chi connectivity index (χ0v) is 12.0. The van der Waals surface area contributed by atoms with E-state index in [9.17, 15) is 17.5 Å². The van der Waals surface area contributed by atoms with Gasteiger partial charge < -0.3 is 0 Å². The Morgan fingerprint density at radius 3 is 1.75 bits per heavy atom. The van der Waals surface area contributed by atoms with Gasteiger partial charge in [0.1, 0.15) is 0 Å². The summed E-state index contributed by atoms with van der Waals surface area (Å²) in [6.07, 6.45) is 5.14. The molecule has 0 atom stereocenters. The van der Waals surface area contributed by atoms with Crippen LogP contribution in [0.25, 0.3) is 0 Å². The third kappa shape index (κ3) is 2.17. The van der Waals surface area contributed by atoms with Crippen LogP contribution in [0.1, 0.15) is 45.4 Å². The highest BCUT2D eigenvalue weighted by Gasteiger charge is 2.57. The summed E-state index contributed by atoms with van der Waals surface area (Å²) in [5.41, 5.74) is -0.841. The molecule has 0 spiro atoms. The Kier molecular flexibility index (Phi) is 3.36. The van der Waals surface area contributed by atoms with Gasteiger partial charge in [0.15, 0.2) is 0 Å². The summed E-state index contributed by atoms with van der Waals surface area (Å²) in [6, 6.07) is 0. The van der Waals surface area contributed by atoms with E-state index >= 15 is 0 Å². The Bertz CT molecular complexity index is 453. The second-order valence-corrected chi connectivity index (χ2v) is 8.47. The number of rotatable bonds is 5. The maximum absolute atomic E-state index is 12.4. The van der Waals surface area contributed by atoms with Gasteiger partial charge in [-0.25, -0.2) is 0 Å². The van der Waals surface area contributed by atoms with Crippen LogP contribution in [-0.2, 0) is 24.2 Å². The molecule has 0 aromatic heterocycles. The molecular weight excluding hydrogens is 294 g/mol. The van der Waals surface area contributed by atoms with Gasteiger partial charge in [-0.05, 0) is 65.3 Å². The fourth-order valence-corrected chi connectivity index (χ4v) is 5.51. The van der Waals surface area contributed by atoms with E-state index in [1.807, 2.05) is 0 Å². The van der Waals surface area contributed by atoms with Crippen LogP contribution >= 0.6 is 0 Å². The van der Waals surface area contributed by atoms with Gasteiger partial charge in [-0.3, -0.25) is 4.18 Å². The van der Waals surface area contributed by atoms with Crippen LogP contribution in [0, 0.1) is 17.8 Å². The maximum Gasteiger partial charge on any atom is 0.363 e.